The summed E-state index contributed by atoms with van der Waals surface area (Å²) in [4.78, 5) is 10.3. The standard InChI is InChI=1S/C7H10N2O4/c1-4(2)12-3-5-8-9-6(13-5)7(10)11/h4H,3H2,1-2H3,(H,10,11). The van der Waals surface area contributed by atoms with Crippen molar-refractivity contribution < 1.29 is 19.1 Å². The molecule has 1 aromatic heterocycles. The molecule has 0 amide bonds. The number of rotatable bonds is 4. The summed E-state index contributed by atoms with van der Waals surface area (Å²) in [5.41, 5.74) is 0. The number of nitrogens with zero attached hydrogens (tertiary/aromatic N) is 2. The Morgan fingerprint density at radius 3 is 2.77 bits per heavy atom. The van der Waals surface area contributed by atoms with Gasteiger partial charge in [-0.3, -0.25) is 0 Å². The predicted molar refractivity (Wildman–Crippen MR) is 41.2 cm³/mol. The number of aromatic carboxylic acids is 1. The number of hydrogen-bond acceptors (Lipinski definition) is 5. The zero-order chi connectivity index (χ0) is 9.84. The van der Waals surface area contributed by atoms with E-state index in [9.17, 15) is 4.79 Å². The van der Waals surface area contributed by atoms with Gasteiger partial charge in [0.1, 0.15) is 6.61 Å². The smallest absolute Gasteiger partial charge is 0.393 e. The molecule has 0 bridgehead atoms. The number of carbonyl (C=O) groups is 1. The first kappa shape index (κ1) is 9.66. The largest absolute Gasteiger partial charge is 0.474 e. The van der Waals surface area contributed by atoms with Crippen molar-refractivity contribution >= 4 is 5.97 Å². The molecule has 0 saturated carbocycles. The third-order valence-electron chi connectivity index (χ3n) is 1.19. The first-order valence-electron chi connectivity index (χ1n) is 3.77. The maximum atomic E-state index is 10.3. The van der Waals surface area contributed by atoms with Crippen LogP contribution >= 0.6 is 0 Å². The van der Waals surface area contributed by atoms with Crippen LogP contribution < -0.4 is 0 Å². The van der Waals surface area contributed by atoms with E-state index in [1.54, 1.807) is 0 Å². The van der Waals surface area contributed by atoms with Crippen LogP contribution in [0.4, 0.5) is 0 Å². The minimum Gasteiger partial charge on any atom is -0.474 e. The molecule has 0 spiro atoms. The van der Waals surface area contributed by atoms with Crippen LogP contribution in [0.5, 0.6) is 0 Å². The zero-order valence-corrected chi connectivity index (χ0v) is 7.35. The fourth-order valence-electron chi connectivity index (χ4n) is 0.636. The summed E-state index contributed by atoms with van der Waals surface area (Å²) in [6.07, 6.45) is 0.0418. The summed E-state index contributed by atoms with van der Waals surface area (Å²) in [5.74, 6) is -1.48. The van der Waals surface area contributed by atoms with Gasteiger partial charge in [0, 0.05) is 0 Å². The molecule has 0 aromatic carbocycles. The lowest BCUT2D eigenvalue weighted by atomic mass is 10.5. The van der Waals surface area contributed by atoms with E-state index in [0.717, 1.165) is 0 Å². The lowest BCUT2D eigenvalue weighted by Gasteiger charge is -2.02. The molecule has 6 heteroatoms. The maximum Gasteiger partial charge on any atom is 0.393 e. The zero-order valence-electron chi connectivity index (χ0n) is 7.35. The summed E-state index contributed by atoms with van der Waals surface area (Å²) in [6, 6.07) is 0. The summed E-state index contributed by atoms with van der Waals surface area (Å²) >= 11 is 0. The number of hydrogen-bond donors (Lipinski definition) is 1. The molecule has 13 heavy (non-hydrogen) atoms. The van der Waals surface area contributed by atoms with Crippen LogP contribution in [-0.4, -0.2) is 27.4 Å². The Kier molecular flexibility index (Phi) is 2.97. The Labute approximate surface area is 74.5 Å². The van der Waals surface area contributed by atoms with Gasteiger partial charge in [0.25, 0.3) is 0 Å². The van der Waals surface area contributed by atoms with Crippen molar-refractivity contribution in [3.8, 4) is 0 Å². The van der Waals surface area contributed by atoms with Crippen molar-refractivity contribution in [1.29, 1.82) is 0 Å². The molecule has 1 aromatic rings. The van der Waals surface area contributed by atoms with Gasteiger partial charge in [-0.1, -0.05) is 0 Å². The molecule has 0 aliphatic carbocycles. The van der Waals surface area contributed by atoms with E-state index in [4.69, 9.17) is 14.3 Å². The van der Waals surface area contributed by atoms with Crippen LogP contribution in [0.1, 0.15) is 30.4 Å². The van der Waals surface area contributed by atoms with E-state index in [2.05, 4.69) is 10.2 Å². The third-order valence-corrected chi connectivity index (χ3v) is 1.19. The highest BCUT2D eigenvalue weighted by Crippen LogP contribution is 2.02. The van der Waals surface area contributed by atoms with Gasteiger partial charge >= 0.3 is 11.9 Å². The van der Waals surface area contributed by atoms with Gasteiger partial charge < -0.3 is 14.3 Å². The van der Waals surface area contributed by atoms with Crippen LogP contribution in [0.3, 0.4) is 0 Å². The normalized spacial score (nSPS) is 10.7. The van der Waals surface area contributed by atoms with Crippen LogP contribution in [0.15, 0.2) is 4.42 Å². The van der Waals surface area contributed by atoms with Crippen molar-refractivity contribution in [3.63, 3.8) is 0 Å². The van der Waals surface area contributed by atoms with E-state index in [1.807, 2.05) is 13.8 Å². The second-order valence-corrected chi connectivity index (χ2v) is 2.67. The highest BCUT2D eigenvalue weighted by Gasteiger charge is 2.12. The SMILES string of the molecule is CC(C)OCc1nnc(C(=O)O)o1. The second-order valence-electron chi connectivity index (χ2n) is 2.67. The number of ether oxygens (including phenoxy) is 1. The van der Waals surface area contributed by atoms with Gasteiger partial charge in [-0.15, -0.1) is 10.2 Å². The Bertz CT molecular complexity index is 294. The molecule has 0 unspecified atom stereocenters. The Morgan fingerprint density at radius 1 is 1.62 bits per heavy atom. The molecule has 6 nitrogen and oxygen atoms in total. The summed E-state index contributed by atoms with van der Waals surface area (Å²) in [7, 11) is 0. The molecule has 1 N–H and O–H groups in total. The van der Waals surface area contributed by atoms with E-state index in [-0.39, 0.29) is 18.6 Å². The quantitative estimate of drug-likeness (QED) is 0.744. The minimum absolute atomic E-state index is 0.0418. The van der Waals surface area contributed by atoms with Gasteiger partial charge in [-0.25, -0.2) is 4.79 Å². The average Bonchev–Trinajstić information content (AvgIpc) is 2.48. The van der Waals surface area contributed by atoms with Crippen LogP contribution in [0.2, 0.25) is 0 Å². The van der Waals surface area contributed by atoms with E-state index < -0.39 is 11.9 Å². The average molecular weight is 186 g/mol. The fraction of sp³-hybridized carbons (Fsp3) is 0.571. The maximum absolute atomic E-state index is 10.3. The van der Waals surface area contributed by atoms with Crippen molar-refractivity contribution in [3.05, 3.63) is 11.8 Å². The first-order valence-corrected chi connectivity index (χ1v) is 3.77. The predicted octanol–water partition coefficient (Wildman–Crippen LogP) is 0.693. The van der Waals surface area contributed by atoms with Crippen molar-refractivity contribution in [2.45, 2.75) is 26.6 Å². The molecule has 0 radical (unpaired) electrons. The monoisotopic (exact) mass is 186 g/mol. The highest BCUT2D eigenvalue weighted by atomic mass is 16.5. The van der Waals surface area contributed by atoms with Gasteiger partial charge in [-0.05, 0) is 13.8 Å². The Balaban J connectivity index is 2.54. The van der Waals surface area contributed by atoms with Crippen LogP contribution in [-0.2, 0) is 11.3 Å². The Hall–Kier alpha value is -1.43. The van der Waals surface area contributed by atoms with E-state index in [1.165, 1.54) is 0 Å². The number of carboxylic acids is 1. The molecule has 0 saturated heterocycles. The molecule has 0 fully saturated rings. The summed E-state index contributed by atoms with van der Waals surface area (Å²) < 4.78 is 9.88. The Morgan fingerprint density at radius 2 is 2.31 bits per heavy atom. The number of carboxylic acid groups (broad SMARTS) is 1. The van der Waals surface area contributed by atoms with Gasteiger partial charge in [0.15, 0.2) is 0 Å². The molecular formula is C7H10N2O4. The summed E-state index contributed by atoms with van der Waals surface area (Å²) in [6.45, 7) is 3.85. The molecule has 1 heterocycles. The first-order chi connectivity index (χ1) is 6.09. The highest BCUT2D eigenvalue weighted by molar-refractivity contribution is 5.81. The minimum atomic E-state index is -1.23. The fourth-order valence-corrected chi connectivity index (χ4v) is 0.636. The van der Waals surface area contributed by atoms with Crippen molar-refractivity contribution in [1.82, 2.24) is 10.2 Å². The molecule has 72 valence electrons. The van der Waals surface area contributed by atoms with Gasteiger partial charge in [-0.2, -0.15) is 0 Å². The van der Waals surface area contributed by atoms with E-state index >= 15 is 0 Å². The third kappa shape index (κ3) is 2.83. The van der Waals surface area contributed by atoms with Crippen LogP contribution in [0.25, 0.3) is 0 Å². The van der Waals surface area contributed by atoms with Gasteiger partial charge in [0.05, 0.1) is 6.10 Å². The number of aromatic nitrogens is 2. The molecule has 0 aliphatic heterocycles. The lowest BCUT2D eigenvalue weighted by molar-refractivity contribution is 0.0489. The molecule has 0 aliphatic rings. The van der Waals surface area contributed by atoms with Crippen LogP contribution in [0, 0.1) is 0 Å². The second kappa shape index (κ2) is 3.99. The lowest BCUT2D eigenvalue weighted by Crippen LogP contribution is -2.02. The van der Waals surface area contributed by atoms with E-state index in [0.29, 0.717) is 0 Å². The van der Waals surface area contributed by atoms with Crippen molar-refractivity contribution in [2.24, 2.45) is 0 Å². The summed E-state index contributed by atoms with van der Waals surface area (Å²) in [5, 5.41) is 15.2. The van der Waals surface area contributed by atoms with Gasteiger partial charge in [0.2, 0.25) is 5.89 Å². The topological polar surface area (TPSA) is 85.5 Å². The molecule has 1 rings (SSSR count). The molecular weight excluding hydrogens is 176 g/mol. The van der Waals surface area contributed by atoms with Crippen molar-refractivity contribution in [2.75, 3.05) is 0 Å². The molecule has 0 atom stereocenters.